The van der Waals surface area contributed by atoms with Gasteiger partial charge in [0.25, 0.3) is 0 Å². The third-order valence-electron chi connectivity index (χ3n) is 1.88. The summed E-state index contributed by atoms with van der Waals surface area (Å²) >= 11 is 1.57. The molecule has 3 nitrogen and oxygen atoms in total. The maximum atomic E-state index is 11.6. The van der Waals surface area contributed by atoms with Crippen molar-refractivity contribution in [2.24, 2.45) is 5.73 Å². The Labute approximate surface area is 91.2 Å². The fourth-order valence-corrected chi connectivity index (χ4v) is 3.42. The minimum absolute atomic E-state index is 0.0527. The van der Waals surface area contributed by atoms with E-state index >= 15 is 0 Å². The van der Waals surface area contributed by atoms with Gasteiger partial charge in [-0.2, -0.15) is 0 Å². The molecule has 1 aromatic rings. The standard InChI is InChI=1S/C9H16N2OS2/c1-3-8(10)5-14(12)6-9-11-7(2)4-13-9/h4,8H,3,5-6,10H2,1-2H3. The SMILES string of the molecule is CCC(N)CS(=O)Cc1nc(C)cs1. The lowest BCUT2D eigenvalue weighted by molar-refractivity contribution is 0.663. The molecule has 0 aliphatic heterocycles. The smallest absolute Gasteiger partial charge is 0.105 e. The molecule has 0 aliphatic rings. The van der Waals surface area contributed by atoms with Gasteiger partial charge in [0.05, 0.1) is 5.75 Å². The Balaban J connectivity index is 2.41. The van der Waals surface area contributed by atoms with Crippen molar-refractivity contribution >= 4 is 22.1 Å². The molecule has 1 rings (SSSR count). The van der Waals surface area contributed by atoms with Crippen molar-refractivity contribution in [3.05, 3.63) is 16.1 Å². The summed E-state index contributed by atoms with van der Waals surface area (Å²) in [5, 5.41) is 2.93. The molecule has 0 spiro atoms. The average Bonchev–Trinajstić information content (AvgIpc) is 2.50. The molecule has 1 aromatic heterocycles. The molecular formula is C9H16N2OS2. The molecule has 0 saturated carbocycles. The van der Waals surface area contributed by atoms with E-state index in [1.54, 1.807) is 11.3 Å². The molecule has 2 unspecified atom stereocenters. The minimum Gasteiger partial charge on any atom is -0.327 e. The van der Waals surface area contributed by atoms with Gasteiger partial charge in [-0.25, -0.2) is 4.98 Å². The lowest BCUT2D eigenvalue weighted by atomic mass is 10.3. The molecule has 0 fully saturated rings. The molecule has 2 atom stereocenters. The Hall–Kier alpha value is -0.260. The molecule has 14 heavy (non-hydrogen) atoms. The molecule has 1 heterocycles. The third kappa shape index (κ3) is 3.86. The summed E-state index contributed by atoms with van der Waals surface area (Å²) in [5.74, 6) is 1.13. The third-order valence-corrected chi connectivity index (χ3v) is 4.42. The number of nitrogens with two attached hydrogens (primary N) is 1. The molecular weight excluding hydrogens is 216 g/mol. The number of nitrogens with zero attached hydrogens (tertiary/aromatic N) is 1. The first-order valence-corrected chi connectivity index (χ1v) is 7.00. The maximum absolute atomic E-state index is 11.6. The van der Waals surface area contributed by atoms with E-state index in [0.717, 1.165) is 17.1 Å². The Kier molecular flexibility index (Phi) is 4.71. The number of rotatable bonds is 5. The molecule has 2 N–H and O–H groups in total. The summed E-state index contributed by atoms with van der Waals surface area (Å²) in [6.45, 7) is 3.95. The summed E-state index contributed by atoms with van der Waals surface area (Å²) in [6.07, 6.45) is 0.878. The van der Waals surface area contributed by atoms with Crippen molar-refractivity contribution < 1.29 is 4.21 Å². The topological polar surface area (TPSA) is 56.0 Å². The van der Waals surface area contributed by atoms with E-state index in [-0.39, 0.29) is 6.04 Å². The van der Waals surface area contributed by atoms with Gasteiger partial charge in [-0.05, 0) is 13.3 Å². The Morgan fingerprint density at radius 2 is 2.43 bits per heavy atom. The van der Waals surface area contributed by atoms with Crippen molar-refractivity contribution in [2.45, 2.75) is 32.1 Å². The van der Waals surface area contributed by atoms with Gasteiger partial charge in [-0.15, -0.1) is 11.3 Å². The molecule has 0 radical (unpaired) electrons. The van der Waals surface area contributed by atoms with Crippen LogP contribution in [0.25, 0.3) is 0 Å². The molecule has 0 amide bonds. The van der Waals surface area contributed by atoms with Gasteiger partial charge in [0.15, 0.2) is 0 Å². The summed E-state index contributed by atoms with van der Waals surface area (Å²) in [5.41, 5.74) is 6.72. The first-order valence-electron chi connectivity index (χ1n) is 4.63. The first kappa shape index (κ1) is 11.8. The highest BCUT2D eigenvalue weighted by atomic mass is 32.2. The van der Waals surface area contributed by atoms with Crippen molar-refractivity contribution in [2.75, 3.05) is 5.75 Å². The predicted octanol–water partition coefficient (Wildman–Crippen LogP) is 1.44. The molecule has 5 heteroatoms. The van der Waals surface area contributed by atoms with Crippen LogP contribution in [0.3, 0.4) is 0 Å². The number of aromatic nitrogens is 1. The number of aryl methyl sites for hydroxylation is 1. The molecule has 80 valence electrons. The van der Waals surface area contributed by atoms with E-state index in [0.29, 0.717) is 11.5 Å². The van der Waals surface area contributed by atoms with E-state index in [4.69, 9.17) is 5.73 Å². The molecule has 0 saturated heterocycles. The van der Waals surface area contributed by atoms with Crippen LogP contribution in [-0.2, 0) is 16.6 Å². The summed E-state index contributed by atoms with van der Waals surface area (Å²) < 4.78 is 11.6. The normalized spacial score (nSPS) is 15.4. The Bertz CT molecular complexity index is 312. The molecule has 0 bridgehead atoms. The summed E-state index contributed by atoms with van der Waals surface area (Å²) in [4.78, 5) is 4.27. The predicted molar refractivity (Wildman–Crippen MR) is 61.8 cm³/mol. The lowest BCUT2D eigenvalue weighted by Crippen LogP contribution is -2.26. The maximum Gasteiger partial charge on any atom is 0.105 e. The highest BCUT2D eigenvalue weighted by molar-refractivity contribution is 7.84. The fourth-order valence-electron chi connectivity index (χ4n) is 1.02. The van der Waals surface area contributed by atoms with Gasteiger partial charge in [-0.3, -0.25) is 4.21 Å². The van der Waals surface area contributed by atoms with Crippen molar-refractivity contribution in [1.29, 1.82) is 0 Å². The largest absolute Gasteiger partial charge is 0.327 e. The highest BCUT2D eigenvalue weighted by Crippen LogP contribution is 2.11. The quantitative estimate of drug-likeness (QED) is 0.835. The van der Waals surface area contributed by atoms with Crippen LogP contribution in [0.2, 0.25) is 0 Å². The van der Waals surface area contributed by atoms with E-state index in [1.165, 1.54) is 0 Å². The van der Waals surface area contributed by atoms with Crippen LogP contribution < -0.4 is 5.73 Å². The van der Waals surface area contributed by atoms with Gasteiger partial charge in [0.1, 0.15) is 5.01 Å². The van der Waals surface area contributed by atoms with Gasteiger partial charge in [-0.1, -0.05) is 6.92 Å². The number of hydrogen-bond donors (Lipinski definition) is 1. The second-order valence-electron chi connectivity index (χ2n) is 3.30. The molecule has 0 aromatic carbocycles. The van der Waals surface area contributed by atoms with Crippen molar-refractivity contribution in [1.82, 2.24) is 4.98 Å². The lowest BCUT2D eigenvalue weighted by Gasteiger charge is -2.06. The van der Waals surface area contributed by atoms with Crippen LogP contribution in [0.15, 0.2) is 5.38 Å². The van der Waals surface area contributed by atoms with Crippen LogP contribution in [0.4, 0.5) is 0 Å². The number of thiazole rings is 1. The summed E-state index contributed by atoms with van der Waals surface area (Å²) in [6, 6.07) is 0.0527. The second-order valence-corrected chi connectivity index (χ2v) is 5.75. The first-order chi connectivity index (χ1) is 6.61. The van der Waals surface area contributed by atoms with E-state index in [2.05, 4.69) is 4.98 Å². The van der Waals surface area contributed by atoms with Gasteiger partial charge in [0, 0.05) is 33.7 Å². The average molecular weight is 232 g/mol. The van der Waals surface area contributed by atoms with E-state index in [9.17, 15) is 4.21 Å². The van der Waals surface area contributed by atoms with Crippen LogP contribution >= 0.6 is 11.3 Å². The van der Waals surface area contributed by atoms with E-state index < -0.39 is 10.8 Å². The highest BCUT2D eigenvalue weighted by Gasteiger charge is 2.08. The second kappa shape index (κ2) is 5.58. The van der Waals surface area contributed by atoms with Crippen LogP contribution in [-0.4, -0.2) is 21.0 Å². The zero-order valence-electron chi connectivity index (χ0n) is 8.53. The van der Waals surface area contributed by atoms with Gasteiger partial charge >= 0.3 is 0 Å². The Morgan fingerprint density at radius 3 is 2.93 bits per heavy atom. The summed E-state index contributed by atoms with van der Waals surface area (Å²) in [7, 11) is -0.865. The number of hydrogen-bond acceptors (Lipinski definition) is 4. The Morgan fingerprint density at radius 1 is 1.71 bits per heavy atom. The fraction of sp³-hybridized carbons (Fsp3) is 0.667. The monoisotopic (exact) mass is 232 g/mol. The van der Waals surface area contributed by atoms with Gasteiger partial charge < -0.3 is 5.73 Å². The van der Waals surface area contributed by atoms with Crippen LogP contribution in [0.1, 0.15) is 24.0 Å². The van der Waals surface area contributed by atoms with Gasteiger partial charge in [0.2, 0.25) is 0 Å². The van der Waals surface area contributed by atoms with Crippen LogP contribution in [0.5, 0.6) is 0 Å². The zero-order chi connectivity index (χ0) is 10.6. The molecule has 0 aliphatic carbocycles. The van der Waals surface area contributed by atoms with Crippen molar-refractivity contribution in [3.63, 3.8) is 0 Å². The van der Waals surface area contributed by atoms with E-state index in [1.807, 2.05) is 19.2 Å². The minimum atomic E-state index is -0.865. The van der Waals surface area contributed by atoms with Crippen LogP contribution in [0, 0.1) is 6.92 Å². The van der Waals surface area contributed by atoms with Crippen molar-refractivity contribution in [3.8, 4) is 0 Å². The zero-order valence-corrected chi connectivity index (χ0v) is 10.2.